The first-order chi connectivity index (χ1) is 13.1. The van der Waals surface area contributed by atoms with Crippen molar-refractivity contribution >= 4 is 5.78 Å². The van der Waals surface area contributed by atoms with Gasteiger partial charge in [-0.3, -0.25) is 9.78 Å². The topological polar surface area (TPSA) is 55.1 Å². The van der Waals surface area contributed by atoms with Crippen LogP contribution in [-0.4, -0.2) is 20.4 Å². The Morgan fingerprint density at radius 3 is 2.64 bits per heavy atom. The molecule has 0 unspecified atom stereocenters. The molecule has 0 amide bonds. The molecule has 28 heavy (non-hydrogen) atoms. The minimum Gasteiger partial charge on any atom is -0.512 e. The van der Waals surface area contributed by atoms with E-state index in [1.54, 1.807) is 0 Å². The third-order valence-electron chi connectivity index (χ3n) is 4.38. The summed E-state index contributed by atoms with van der Waals surface area (Å²) >= 11 is 0. The number of benzene rings is 2. The monoisotopic (exact) mass is 552 g/mol. The van der Waals surface area contributed by atoms with Crippen LogP contribution in [-0.2, 0) is 37.7 Å². The second kappa shape index (κ2) is 10.2. The molecule has 0 saturated heterocycles. The van der Waals surface area contributed by atoms with Crippen LogP contribution in [0.1, 0.15) is 31.4 Å². The van der Waals surface area contributed by atoms with E-state index < -0.39 is 0 Å². The van der Waals surface area contributed by atoms with Gasteiger partial charge in [-0.05, 0) is 50.3 Å². The number of aliphatic hydroxyl groups excluding tert-OH is 1. The maximum Gasteiger partial charge on any atom is 0.155 e. The van der Waals surface area contributed by atoms with Gasteiger partial charge in [0.05, 0.1) is 11.6 Å². The van der Waals surface area contributed by atoms with Gasteiger partial charge >= 0.3 is 0 Å². The van der Waals surface area contributed by atoms with E-state index in [9.17, 15) is 4.79 Å². The summed E-state index contributed by atoms with van der Waals surface area (Å²) in [5.74, 6) is 0.901. The Morgan fingerprint density at radius 2 is 2.00 bits per heavy atom. The zero-order valence-corrected chi connectivity index (χ0v) is 18.4. The first-order valence-electron chi connectivity index (χ1n) is 9.05. The predicted octanol–water partition coefficient (Wildman–Crippen LogP) is 4.86. The number of aryl methyl sites for hydroxylation is 1. The number of ketones is 1. The Balaban J connectivity index is 0.000000306. The zero-order chi connectivity index (χ0) is 19.2. The summed E-state index contributed by atoms with van der Waals surface area (Å²) < 4.78 is 2.19. The second-order valence-corrected chi connectivity index (χ2v) is 6.56. The molecule has 2 aromatic carbocycles. The van der Waals surface area contributed by atoms with Crippen molar-refractivity contribution in [3.63, 3.8) is 0 Å². The average molecular weight is 552 g/mol. The van der Waals surface area contributed by atoms with Crippen molar-refractivity contribution in [2.24, 2.45) is 0 Å². The van der Waals surface area contributed by atoms with Crippen LogP contribution >= 0.6 is 0 Å². The summed E-state index contributed by atoms with van der Waals surface area (Å²) in [7, 11) is 0. The molecular formula is C23H23IrN2O2-. The van der Waals surface area contributed by atoms with E-state index >= 15 is 0 Å². The van der Waals surface area contributed by atoms with E-state index in [4.69, 9.17) is 5.11 Å². The quantitative estimate of drug-likeness (QED) is 0.287. The van der Waals surface area contributed by atoms with Crippen LogP contribution in [0.4, 0.5) is 0 Å². The number of rotatable bonds is 3. The predicted molar refractivity (Wildman–Crippen MR) is 107 cm³/mol. The van der Waals surface area contributed by atoms with Gasteiger partial charge in [-0.25, -0.2) is 0 Å². The van der Waals surface area contributed by atoms with E-state index in [2.05, 4.69) is 39.9 Å². The molecule has 4 nitrogen and oxygen atoms in total. The van der Waals surface area contributed by atoms with Crippen LogP contribution in [0.15, 0.2) is 66.7 Å². The molecule has 1 radical (unpaired) electrons. The minimum absolute atomic E-state index is 0. The Kier molecular flexibility index (Phi) is 7.91. The number of carbonyl (C=O) groups excluding carboxylic acids is 1. The number of allylic oxidation sites excluding steroid dienone is 2. The van der Waals surface area contributed by atoms with Crippen molar-refractivity contribution in [1.29, 1.82) is 0 Å². The smallest absolute Gasteiger partial charge is 0.155 e. The van der Waals surface area contributed by atoms with Crippen LogP contribution < -0.4 is 0 Å². The van der Waals surface area contributed by atoms with Gasteiger partial charge in [-0.15, -0.1) is 35.9 Å². The second-order valence-electron chi connectivity index (χ2n) is 6.56. The van der Waals surface area contributed by atoms with Gasteiger partial charge in [0.25, 0.3) is 0 Å². The summed E-state index contributed by atoms with van der Waals surface area (Å²) in [4.78, 5) is 14.5. The maximum absolute atomic E-state index is 10.0. The Hall–Kier alpha value is -2.49. The molecule has 4 rings (SSSR count). The number of hydrogen-bond acceptors (Lipinski definition) is 3. The standard InChI is InChI=1S/C18H15N2.C5H8O2.Ir/c1-2-6-15(7-3-1)18-19-12-13-20(18)17-11-5-9-14-8-4-10-16(14)17;1-4(6)3-5(2)7;/h1-3,5-6,9,11-13H,4,8,10H2;3,6H,1-2H3;/q-1;;/b;4-3-;. The number of hydrogen-bond donors (Lipinski definition) is 1. The molecule has 0 fully saturated rings. The number of nitrogens with zero attached hydrogens (tertiary/aromatic N) is 2. The molecule has 1 aliphatic rings. The molecule has 5 heteroatoms. The summed E-state index contributed by atoms with van der Waals surface area (Å²) in [6, 6.07) is 17.9. The summed E-state index contributed by atoms with van der Waals surface area (Å²) in [5.41, 5.74) is 5.26. The Morgan fingerprint density at radius 1 is 1.18 bits per heavy atom. The molecule has 1 heterocycles. The summed E-state index contributed by atoms with van der Waals surface area (Å²) in [6.07, 6.45) is 8.70. The first-order valence-corrected chi connectivity index (χ1v) is 9.05. The van der Waals surface area contributed by atoms with Crippen molar-refractivity contribution in [1.82, 2.24) is 9.55 Å². The van der Waals surface area contributed by atoms with E-state index in [0.29, 0.717) is 0 Å². The molecule has 0 saturated carbocycles. The van der Waals surface area contributed by atoms with Gasteiger partial charge in [-0.1, -0.05) is 12.1 Å². The zero-order valence-electron chi connectivity index (χ0n) is 16.0. The number of imidazole rings is 1. The summed E-state index contributed by atoms with van der Waals surface area (Å²) in [6.45, 7) is 2.85. The molecule has 0 aliphatic heterocycles. The largest absolute Gasteiger partial charge is 0.512 e. The normalized spacial score (nSPS) is 12.4. The molecular weight excluding hydrogens is 528 g/mol. The van der Waals surface area contributed by atoms with E-state index in [0.717, 1.165) is 11.4 Å². The van der Waals surface area contributed by atoms with Gasteiger partial charge in [-0.2, -0.15) is 0 Å². The number of carbonyl (C=O) groups is 1. The van der Waals surface area contributed by atoms with Crippen molar-refractivity contribution in [3.8, 4) is 17.1 Å². The van der Waals surface area contributed by atoms with Gasteiger partial charge in [0, 0.05) is 44.3 Å². The fourth-order valence-corrected chi connectivity index (χ4v) is 3.35. The third kappa shape index (κ3) is 5.28. The first kappa shape index (κ1) is 21.8. The maximum atomic E-state index is 10.0. The van der Waals surface area contributed by atoms with Gasteiger partial charge in [0.2, 0.25) is 0 Å². The fraction of sp³-hybridized carbons (Fsp3) is 0.217. The molecule has 1 aliphatic carbocycles. The van der Waals surface area contributed by atoms with Crippen LogP contribution in [0.5, 0.6) is 0 Å². The summed E-state index contributed by atoms with van der Waals surface area (Å²) in [5, 5.41) is 8.36. The Bertz CT molecular complexity index is 958. The van der Waals surface area contributed by atoms with Gasteiger partial charge in [0.1, 0.15) is 0 Å². The molecule has 1 aromatic heterocycles. The minimum atomic E-state index is -0.125. The van der Waals surface area contributed by atoms with Gasteiger partial charge < -0.3 is 9.67 Å². The van der Waals surface area contributed by atoms with Crippen LogP contribution in [0.2, 0.25) is 0 Å². The van der Waals surface area contributed by atoms with Crippen molar-refractivity contribution in [3.05, 3.63) is 83.9 Å². The van der Waals surface area contributed by atoms with Crippen molar-refractivity contribution < 1.29 is 30.0 Å². The average Bonchev–Trinajstić information content (AvgIpc) is 3.31. The SMILES string of the molecule is CC(=O)/C=C(/C)O.[Ir].[c-]1ccccc1-c1nccn1-c1cccc2c1CCC2. The number of aliphatic hydroxyl groups is 1. The fourth-order valence-electron chi connectivity index (χ4n) is 3.35. The molecule has 0 spiro atoms. The molecule has 0 atom stereocenters. The van der Waals surface area contributed by atoms with Crippen molar-refractivity contribution in [2.45, 2.75) is 33.1 Å². The molecule has 147 valence electrons. The van der Waals surface area contributed by atoms with Gasteiger partial charge in [0.15, 0.2) is 5.78 Å². The molecule has 0 bridgehead atoms. The van der Waals surface area contributed by atoms with E-state index in [1.807, 2.05) is 30.6 Å². The van der Waals surface area contributed by atoms with Crippen molar-refractivity contribution in [2.75, 3.05) is 0 Å². The molecule has 1 N–H and O–H groups in total. The Labute approximate surface area is 179 Å². The number of fused-ring (bicyclic) bond motifs is 1. The van der Waals surface area contributed by atoms with Crippen LogP contribution in [0.3, 0.4) is 0 Å². The molecule has 3 aromatic rings. The third-order valence-corrected chi connectivity index (χ3v) is 4.38. The van der Waals surface area contributed by atoms with E-state index in [-0.39, 0.29) is 31.6 Å². The van der Waals surface area contributed by atoms with Crippen LogP contribution in [0, 0.1) is 6.07 Å². The van der Waals surface area contributed by atoms with Crippen LogP contribution in [0.25, 0.3) is 17.1 Å². The number of aromatic nitrogens is 2. The van der Waals surface area contributed by atoms with E-state index in [1.165, 1.54) is 56.0 Å².